The van der Waals surface area contributed by atoms with Crippen LogP contribution in [-0.4, -0.2) is 35.6 Å². The molecule has 6 nitrogen and oxygen atoms in total. The fraction of sp³-hybridized carbons (Fsp3) is 0.450. The van der Waals surface area contributed by atoms with E-state index in [0.29, 0.717) is 23.2 Å². The molecule has 1 unspecified atom stereocenters. The minimum atomic E-state index is -0.386. The number of nitrogens with zero attached hydrogens (tertiary/aromatic N) is 3. The summed E-state index contributed by atoms with van der Waals surface area (Å²) in [6.45, 7) is 5.21. The molecule has 1 aromatic carbocycles. The van der Waals surface area contributed by atoms with Crippen molar-refractivity contribution >= 4 is 23.4 Å². The number of hydrogen-bond acceptors (Lipinski definition) is 6. The van der Waals surface area contributed by atoms with Gasteiger partial charge in [0.05, 0.1) is 18.4 Å². The second kappa shape index (κ2) is 8.17. The molecule has 0 spiro atoms. The van der Waals surface area contributed by atoms with Gasteiger partial charge >= 0.3 is 5.97 Å². The van der Waals surface area contributed by atoms with E-state index in [1.807, 2.05) is 25.1 Å². The number of aromatic nitrogens is 2. The highest BCUT2D eigenvalue weighted by molar-refractivity contribution is 5.96. The maximum atomic E-state index is 12.0. The minimum absolute atomic E-state index is 0.386. The third-order valence-electron chi connectivity index (χ3n) is 4.81. The van der Waals surface area contributed by atoms with Crippen molar-refractivity contribution in [1.82, 2.24) is 9.97 Å². The first-order valence-electron chi connectivity index (χ1n) is 9.19. The third-order valence-corrected chi connectivity index (χ3v) is 4.81. The van der Waals surface area contributed by atoms with Crippen LogP contribution < -0.4 is 10.2 Å². The van der Waals surface area contributed by atoms with E-state index < -0.39 is 0 Å². The molecule has 2 aromatic rings. The summed E-state index contributed by atoms with van der Waals surface area (Å²) in [5, 5.41) is 3.19. The van der Waals surface area contributed by atoms with Crippen molar-refractivity contribution < 1.29 is 9.53 Å². The Hall–Kier alpha value is -2.63. The van der Waals surface area contributed by atoms with Gasteiger partial charge in [-0.1, -0.05) is 19.1 Å². The number of nitrogens with one attached hydrogen (secondary N) is 1. The summed E-state index contributed by atoms with van der Waals surface area (Å²) in [5.41, 5.74) is 2.00. The Balaban J connectivity index is 1.90. The molecule has 0 amide bonds. The van der Waals surface area contributed by atoms with Crippen LogP contribution in [0.2, 0.25) is 0 Å². The lowest BCUT2D eigenvalue weighted by atomic mass is 10.00. The van der Waals surface area contributed by atoms with Gasteiger partial charge < -0.3 is 15.0 Å². The number of carbonyl (C=O) groups excluding carboxylic acids is 1. The average molecular weight is 354 g/mol. The first-order chi connectivity index (χ1) is 12.6. The Morgan fingerprint density at radius 1 is 1.31 bits per heavy atom. The van der Waals surface area contributed by atoms with E-state index in [0.717, 1.165) is 24.5 Å². The number of para-hydroxylation sites is 1. The Morgan fingerprint density at radius 3 is 2.88 bits per heavy atom. The van der Waals surface area contributed by atoms with Crippen LogP contribution in [0.5, 0.6) is 0 Å². The number of aryl methyl sites for hydroxylation is 1. The van der Waals surface area contributed by atoms with E-state index in [2.05, 4.69) is 22.1 Å². The largest absolute Gasteiger partial charge is 0.465 e. The molecule has 0 radical (unpaired) electrons. The van der Waals surface area contributed by atoms with Crippen molar-refractivity contribution in [1.29, 1.82) is 0 Å². The summed E-state index contributed by atoms with van der Waals surface area (Å²) >= 11 is 0. The summed E-state index contributed by atoms with van der Waals surface area (Å²) in [6, 6.07) is 9.78. The van der Waals surface area contributed by atoms with Crippen molar-refractivity contribution in [2.24, 2.45) is 0 Å². The highest BCUT2D eigenvalue weighted by Gasteiger charge is 2.23. The first-order valence-corrected chi connectivity index (χ1v) is 9.19. The van der Waals surface area contributed by atoms with Crippen molar-refractivity contribution in [3.63, 3.8) is 0 Å². The zero-order valence-corrected chi connectivity index (χ0v) is 15.7. The summed E-state index contributed by atoms with van der Waals surface area (Å²) < 4.78 is 4.86. The summed E-state index contributed by atoms with van der Waals surface area (Å²) in [5.74, 6) is 1.06. The maximum Gasteiger partial charge on any atom is 0.339 e. The van der Waals surface area contributed by atoms with E-state index in [4.69, 9.17) is 9.72 Å². The molecule has 6 heteroatoms. The van der Waals surface area contributed by atoms with Gasteiger partial charge in [-0.3, -0.25) is 0 Å². The van der Waals surface area contributed by atoms with Crippen LogP contribution in [0.1, 0.15) is 48.7 Å². The third kappa shape index (κ3) is 3.95. The number of methoxy groups -OCH3 is 1. The molecular weight excluding hydrogens is 328 g/mol. The maximum absolute atomic E-state index is 12.0. The van der Waals surface area contributed by atoms with Gasteiger partial charge in [-0.15, -0.1) is 0 Å². The average Bonchev–Trinajstić information content (AvgIpc) is 2.67. The SMILES string of the molecule is CCC1CCCCN1c1cc(C)nc(Nc2ccccc2C(=O)OC)n1. The van der Waals surface area contributed by atoms with Gasteiger partial charge in [-0.25, -0.2) is 9.78 Å². The van der Waals surface area contributed by atoms with E-state index in [1.165, 1.54) is 26.4 Å². The highest BCUT2D eigenvalue weighted by Crippen LogP contribution is 2.27. The standard InChI is InChI=1S/C20H26N4O2/c1-4-15-9-7-8-12-24(15)18-13-14(2)21-20(23-18)22-17-11-6-5-10-16(17)19(25)26-3/h5-6,10-11,13,15H,4,7-9,12H2,1-3H3,(H,21,22,23). The fourth-order valence-corrected chi connectivity index (χ4v) is 3.48. The van der Waals surface area contributed by atoms with Gasteiger partial charge in [0, 0.05) is 24.3 Å². The lowest BCUT2D eigenvalue weighted by Gasteiger charge is -2.36. The van der Waals surface area contributed by atoms with Crippen molar-refractivity contribution in [3.05, 3.63) is 41.6 Å². The van der Waals surface area contributed by atoms with Crippen LogP contribution >= 0.6 is 0 Å². The second-order valence-electron chi connectivity index (χ2n) is 6.60. The van der Waals surface area contributed by atoms with Gasteiger partial charge in [0.15, 0.2) is 0 Å². The molecule has 0 saturated carbocycles. The Kier molecular flexibility index (Phi) is 5.71. The number of benzene rings is 1. The molecule has 1 aliphatic rings. The topological polar surface area (TPSA) is 67.4 Å². The molecule has 1 aliphatic heterocycles. The predicted molar refractivity (Wildman–Crippen MR) is 103 cm³/mol. The molecule has 1 saturated heterocycles. The normalized spacial score (nSPS) is 17.0. The van der Waals surface area contributed by atoms with Crippen molar-refractivity contribution in [2.75, 3.05) is 23.9 Å². The fourth-order valence-electron chi connectivity index (χ4n) is 3.48. The van der Waals surface area contributed by atoms with E-state index >= 15 is 0 Å². The zero-order valence-electron chi connectivity index (χ0n) is 15.7. The number of rotatable bonds is 5. The molecule has 0 aliphatic carbocycles. The Morgan fingerprint density at radius 2 is 2.12 bits per heavy atom. The number of anilines is 3. The van der Waals surface area contributed by atoms with Crippen LogP contribution in [0, 0.1) is 6.92 Å². The monoisotopic (exact) mass is 354 g/mol. The minimum Gasteiger partial charge on any atom is -0.465 e. The molecule has 1 aromatic heterocycles. The molecule has 3 rings (SSSR count). The summed E-state index contributed by atoms with van der Waals surface area (Å²) in [7, 11) is 1.38. The van der Waals surface area contributed by atoms with Crippen molar-refractivity contribution in [2.45, 2.75) is 45.6 Å². The summed E-state index contributed by atoms with van der Waals surface area (Å²) in [6.07, 6.45) is 4.77. The van der Waals surface area contributed by atoms with Crippen molar-refractivity contribution in [3.8, 4) is 0 Å². The van der Waals surface area contributed by atoms with Crippen LogP contribution in [0.4, 0.5) is 17.5 Å². The zero-order chi connectivity index (χ0) is 18.5. The van der Waals surface area contributed by atoms with E-state index in [9.17, 15) is 4.79 Å². The number of ether oxygens (including phenoxy) is 1. The number of carbonyl (C=O) groups is 1. The molecule has 2 heterocycles. The van der Waals surface area contributed by atoms with Gasteiger partial charge in [-0.05, 0) is 44.7 Å². The molecule has 138 valence electrons. The molecule has 1 fully saturated rings. The van der Waals surface area contributed by atoms with Gasteiger partial charge in [0.2, 0.25) is 5.95 Å². The van der Waals surface area contributed by atoms with Crippen LogP contribution in [0.15, 0.2) is 30.3 Å². The molecule has 1 N–H and O–H groups in total. The first kappa shape index (κ1) is 18.2. The smallest absolute Gasteiger partial charge is 0.339 e. The highest BCUT2D eigenvalue weighted by atomic mass is 16.5. The van der Waals surface area contributed by atoms with Crippen LogP contribution in [0.25, 0.3) is 0 Å². The number of piperidine rings is 1. The predicted octanol–water partition coefficient (Wildman–Crippen LogP) is 4.08. The second-order valence-corrected chi connectivity index (χ2v) is 6.60. The molecular formula is C20H26N4O2. The lowest BCUT2D eigenvalue weighted by molar-refractivity contribution is 0.0602. The Bertz CT molecular complexity index is 778. The van der Waals surface area contributed by atoms with Gasteiger partial charge in [0.25, 0.3) is 0 Å². The van der Waals surface area contributed by atoms with Crippen LogP contribution in [-0.2, 0) is 4.74 Å². The van der Waals surface area contributed by atoms with Gasteiger partial charge in [-0.2, -0.15) is 4.98 Å². The number of hydrogen-bond donors (Lipinski definition) is 1. The number of esters is 1. The van der Waals surface area contributed by atoms with E-state index in [-0.39, 0.29) is 5.97 Å². The molecule has 0 bridgehead atoms. The van der Waals surface area contributed by atoms with Crippen LogP contribution in [0.3, 0.4) is 0 Å². The van der Waals surface area contributed by atoms with E-state index in [1.54, 1.807) is 12.1 Å². The lowest BCUT2D eigenvalue weighted by Crippen LogP contribution is -2.39. The molecule has 1 atom stereocenters. The summed E-state index contributed by atoms with van der Waals surface area (Å²) in [4.78, 5) is 23.6. The quantitative estimate of drug-likeness (QED) is 0.816. The van der Waals surface area contributed by atoms with Gasteiger partial charge in [0.1, 0.15) is 5.82 Å². The molecule has 26 heavy (non-hydrogen) atoms. The Labute approximate surface area is 154 Å².